The van der Waals surface area contributed by atoms with E-state index in [-0.39, 0.29) is 12.8 Å². The number of hydrogen-bond acceptors (Lipinski definition) is 3. The van der Waals surface area contributed by atoms with Gasteiger partial charge in [0, 0.05) is 13.1 Å². The number of carbonyl (C=O) groups is 1. The lowest BCUT2D eigenvalue weighted by atomic mass is 10.2. The Hall–Kier alpha value is -1.75. The minimum absolute atomic E-state index is 0.164. The molecule has 5 nitrogen and oxygen atoms in total. The number of nitrogens with zero attached hydrogens (tertiary/aromatic N) is 1. The summed E-state index contributed by atoms with van der Waals surface area (Å²) < 4.78 is 5.38. The lowest BCUT2D eigenvalue weighted by Crippen LogP contribution is -2.40. The standard InChI is InChI=1S/C13H21N3O2/c1-11-4-6-12(7-5-11)18-10-15-13(17)14-8-9-16(2)3/h4-7H,8-10H2,1-3H3,(H2,14,15,17). The van der Waals surface area contributed by atoms with Crippen LogP contribution in [-0.2, 0) is 0 Å². The number of ether oxygens (including phenoxy) is 1. The normalized spacial score (nSPS) is 10.2. The molecule has 18 heavy (non-hydrogen) atoms. The zero-order chi connectivity index (χ0) is 13.4. The highest BCUT2D eigenvalue weighted by Gasteiger charge is 1.99. The van der Waals surface area contributed by atoms with Crippen LogP contribution in [0.4, 0.5) is 4.79 Å². The molecule has 2 N–H and O–H groups in total. The van der Waals surface area contributed by atoms with Crippen molar-refractivity contribution in [2.75, 3.05) is 33.9 Å². The Morgan fingerprint density at radius 2 is 1.89 bits per heavy atom. The number of amides is 2. The molecule has 0 bridgehead atoms. The van der Waals surface area contributed by atoms with Crippen molar-refractivity contribution >= 4 is 6.03 Å². The summed E-state index contributed by atoms with van der Waals surface area (Å²) in [6.07, 6.45) is 0. The van der Waals surface area contributed by atoms with E-state index in [9.17, 15) is 4.79 Å². The monoisotopic (exact) mass is 251 g/mol. The molecule has 0 atom stereocenters. The molecule has 0 unspecified atom stereocenters. The molecule has 1 aromatic rings. The smallest absolute Gasteiger partial charge is 0.317 e. The Bertz CT molecular complexity index is 363. The van der Waals surface area contributed by atoms with E-state index in [2.05, 4.69) is 10.6 Å². The number of likely N-dealkylation sites (N-methyl/N-ethyl adjacent to an activating group) is 1. The van der Waals surface area contributed by atoms with E-state index >= 15 is 0 Å². The zero-order valence-corrected chi connectivity index (χ0v) is 11.2. The average molecular weight is 251 g/mol. The third-order valence-electron chi connectivity index (χ3n) is 2.34. The molecule has 0 aliphatic heterocycles. The van der Waals surface area contributed by atoms with E-state index in [4.69, 9.17) is 4.74 Å². The largest absolute Gasteiger partial charge is 0.473 e. The number of hydrogen-bond donors (Lipinski definition) is 2. The molecular weight excluding hydrogens is 230 g/mol. The molecule has 0 fully saturated rings. The summed E-state index contributed by atoms with van der Waals surface area (Å²) in [5.74, 6) is 0.745. The fourth-order valence-corrected chi connectivity index (χ4v) is 1.27. The predicted octanol–water partition coefficient (Wildman–Crippen LogP) is 1.19. The number of urea groups is 1. The molecule has 0 spiro atoms. The zero-order valence-electron chi connectivity index (χ0n) is 11.2. The van der Waals surface area contributed by atoms with Crippen LogP contribution in [0, 0.1) is 6.92 Å². The molecule has 0 heterocycles. The third-order valence-corrected chi connectivity index (χ3v) is 2.34. The molecule has 0 aliphatic rings. The van der Waals surface area contributed by atoms with Crippen molar-refractivity contribution in [3.8, 4) is 5.75 Å². The molecule has 0 saturated heterocycles. The first-order valence-electron chi connectivity index (χ1n) is 5.94. The minimum Gasteiger partial charge on any atom is -0.473 e. The van der Waals surface area contributed by atoms with Crippen molar-refractivity contribution < 1.29 is 9.53 Å². The van der Waals surface area contributed by atoms with Crippen LogP contribution in [0.5, 0.6) is 5.75 Å². The van der Waals surface area contributed by atoms with Gasteiger partial charge in [-0.3, -0.25) is 0 Å². The van der Waals surface area contributed by atoms with Crippen molar-refractivity contribution in [2.24, 2.45) is 0 Å². The highest BCUT2D eigenvalue weighted by Crippen LogP contribution is 2.10. The topological polar surface area (TPSA) is 53.6 Å². The van der Waals surface area contributed by atoms with Gasteiger partial charge in [0.1, 0.15) is 5.75 Å². The van der Waals surface area contributed by atoms with Crippen molar-refractivity contribution in [1.82, 2.24) is 15.5 Å². The molecule has 5 heteroatoms. The van der Waals surface area contributed by atoms with Gasteiger partial charge in [-0.15, -0.1) is 0 Å². The summed E-state index contributed by atoms with van der Waals surface area (Å²) in [5, 5.41) is 5.37. The molecule has 0 aromatic heterocycles. The van der Waals surface area contributed by atoms with Crippen molar-refractivity contribution in [3.63, 3.8) is 0 Å². The number of nitrogens with one attached hydrogen (secondary N) is 2. The van der Waals surface area contributed by atoms with Gasteiger partial charge in [0.25, 0.3) is 0 Å². The van der Waals surface area contributed by atoms with Crippen LogP contribution >= 0.6 is 0 Å². The molecule has 1 rings (SSSR count). The SMILES string of the molecule is Cc1ccc(OCNC(=O)NCCN(C)C)cc1. The first-order chi connectivity index (χ1) is 8.58. The maximum Gasteiger partial charge on any atom is 0.317 e. The molecule has 0 saturated carbocycles. The fraction of sp³-hybridized carbons (Fsp3) is 0.462. The van der Waals surface area contributed by atoms with Gasteiger partial charge in [-0.1, -0.05) is 17.7 Å². The Morgan fingerprint density at radius 3 is 2.50 bits per heavy atom. The van der Waals surface area contributed by atoms with Gasteiger partial charge in [-0.25, -0.2) is 4.79 Å². The lowest BCUT2D eigenvalue weighted by molar-refractivity contribution is 0.223. The third kappa shape index (κ3) is 6.10. The lowest BCUT2D eigenvalue weighted by Gasteiger charge is -2.12. The van der Waals surface area contributed by atoms with Crippen LogP contribution in [0.3, 0.4) is 0 Å². The van der Waals surface area contributed by atoms with E-state index in [1.807, 2.05) is 50.2 Å². The number of rotatable bonds is 6. The van der Waals surface area contributed by atoms with Crippen LogP contribution in [0.25, 0.3) is 0 Å². The van der Waals surface area contributed by atoms with E-state index in [0.29, 0.717) is 6.54 Å². The van der Waals surface area contributed by atoms with Crippen LogP contribution < -0.4 is 15.4 Å². The van der Waals surface area contributed by atoms with Gasteiger partial charge >= 0.3 is 6.03 Å². The van der Waals surface area contributed by atoms with Gasteiger partial charge in [-0.05, 0) is 33.2 Å². The minimum atomic E-state index is -0.219. The fourth-order valence-electron chi connectivity index (χ4n) is 1.27. The average Bonchev–Trinajstić information content (AvgIpc) is 2.31. The van der Waals surface area contributed by atoms with Gasteiger partial charge in [0.2, 0.25) is 0 Å². The number of aryl methyl sites for hydroxylation is 1. The Labute approximate surface area is 108 Å². The first-order valence-corrected chi connectivity index (χ1v) is 5.94. The maximum absolute atomic E-state index is 11.3. The first kappa shape index (κ1) is 14.3. The molecule has 0 aliphatic carbocycles. The molecule has 100 valence electrons. The highest BCUT2D eigenvalue weighted by molar-refractivity contribution is 5.73. The summed E-state index contributed by atoms with van der Waals surface area (Å²) in [7, 11) is 3.92. The summed E-state index contributed by atoms with van der Waals surface area (Å²) in [5.41, 5.74) is 1.18. The van der Waals surface area contributed by atoms with Gasteiger partial charge < -0.3 is 20.3 Å². The molecule has 0 radical (unpaired) electrons. The van der Waals surface area contributed by atoms with Crippen LogP contribution in [-0.4, -0.2) is 44.8 Å². The maximum atomic E-state index is 11.3. The summed E-state index contributed by atoms with van der Waals surface area (Å²) in [6, 6.07) is 7.46. The van der Waals surface area contributed by atoms with Gasteiger partial charge in [-0.2, -0.15) is 0 Å². The van der Waals surface area contributed by atoms with E-state index in [1.54, 1.807) is 0 Å². The van der Waals surface area contributed by atoms with Crippen LogP contribution in [0.2, 0.25) is 0 Å². The summed E-state index contributed by atoms with van der Waals surface area (Å²) >= 11 is 0. The van der Waals surface area contributed by atoms with E-state index in [1.165, 1.54) is 5.56 Å². The Kier molecular flexibility index (Phi) is 6.00. The van der Waals surface area contributed by atoms with E-state index < -0.39 is 0 Å². The molecule has 1 aromatic carbocycles. The second-order valence-corrected chi connectivity index (χ2v) is 4.34. The van der Waals surface area contributed by atoms with Gasteiger partial charge in [0.05, 0.1) is 0 Å². The second-order valence-electron chi connectivity index (χ2n) is 4.34. The van der Waals surface area contributed by atoms with Crippen LogP contribution in [0.15, 0.2) is 24.3 Å². The quantitative estimate of drug-likeness (QED) is 0.747. The summed E-state index contributed by atoms with van der Waals surface area (Å²) in [4.78, 5) is 13.4. The summed E-state index contributed by atoms with van der Waals surface area (Å²) in [6.45, 7) is 3.60. The molecular formula is C13H21N3O2. The Morgan fingerprint density at radius 1 is 1.22 bits per heavy atom. The van der Waals surface area contributed by atoms with Crippen molar-refractivity contribution in [2.45, 2.75) is 6.92 Å². The van der Waals surface area contributed by atoms with Crippen molar-refractivity contribution in [3.05, 3.63) is 29.8 Å². The van der Waals surface area contributed by atoms with Gasteiger partial charge in [0.15, 0.2) is 6.73 Å². The van der Waals surface area contributed by atoms with E-state index in [0.717, 1.165) is 12.3 Å². The van der Waals surface area contributed by atoms with Crippen LogP contribution in [0.1, 0.15) is 5.56 Å². The molecule has 2 amide bonds. The highest BCUT2D eigenvalue weighted by atomic mass is 16.5. The predicted molar refractivity (Wildman–Crippen MR) is 71.8 cm³/mol. The second kappa shape index (κ2) is 7.55. The number of carbonyl (C=O) groups excluding carboxylic acids is 1. The Balaban J connectivity index is 2.13. The number of benzene rings is 1. The van der Waals surface area contributed by atoms with Crippen molar-refractivity contribution in [1.29, 1.82) is 0 Å².